The Morgan fingerprint density at radius 2 is 0.639 bits per heavy atom. The Hall–Kier alpha value is -3.15. The van der Waals surface area contributed by atoms with Gasteiger partial charge in [-0.3, -0.25) is 14.4 Å². The zero-order valence-electron chi connectivity index (χ0n) is 39.9. The third-order valence-electron chi connectivity index (χ3n) is 10.7. The van der Waals surface area contributed by atoms with E-state index in [9.17, 15) is 14.4 Å². The number of hydrogen-bond donors (Lipinski definition) is 0. The molecule has 350 valence electrons. The Morgan fingerprint density at radius 3 is 1.00 bits per heavy atom. The Morgan fingerprint density at radius 1 is 0.344 bits per heavy atom. The second kappa shape index (κ2) is 49.5. The van der Waals surface area contributed by atoms with E-state index in [2.05, 4.69) is 87.6 Å². The molecule has 0 aromatic carbocycles. The van der Waals surface area contributed by atoms with E-state index < -0.39 is 6.10 Å². The Labute approximate surface area is 376 Å². The summed E-state index contributed by atoms with van der Waals surface area (Å²) in [6.07, 6.45) is 62.1. The van der Waals surface area contributed by atoms with E-state index >= 15 is 0 Å². The molecule has 0 aromatic rings. The van der Waals surface area contributed by atoms with Gasteiger partial charge in [-0.15, -0.1) is 0 Å². The summed E-state index contributed by atoms with van der Waals surface area (Å²) < 4.78 is 16.6. The summed E-state index contributed by atoms with van der Waals surface area (Å²) in [5.41, 5.74) is 0. The van der Waals surface area contributed by atoms with E-state index in [1.807, 2.05) is 6.08 Å². The molecule has 0 bridgehead atoms. The lowest BCUT2D eigenvalue weighted by atomic mass is 10.0. The second-order valence-electron chi connectivity index (χ2n) is 16.7. The predicted molar refractivity (Wildman–Crippen MR) is 261 cm³/mol. The fourth-order valence-corrected chi connectivity index (χ4v) is 6.94. The van der Waals surface area contributed by atoms with E-state index in [1.165, 1.54) is 116 Å². The average Bonchev–Trinajstić information content (AvgIpc) is 3.26. The number of unbranched alkanes of at least 4 members (excludes halogenated alkanes) is 22. The minimum Gasteiger partial charge on any atom is -0.462 e. The maximum absolute atomic E-state index is 12.7. The van der Waals surface area contributed by atoms with Gasteiger partial charge in [-0.1, -0.05) is 235 Å². The predicted octanol–water partition coefficient (Wildman–Crippen LogP) is 16.6. The number of hydrogen-bond acceptors (Lipinski definition) is 6. The number of esters is 3. The van der Waals surface area contributed by atoms with Gasteiger partial charge in [0.15, 0.2) is 6.10 Å². The summed E-state index contributed by atoms with van der Waals surface area (Å²) in [6, 6.07) is 0. The van der Waals surface area contributed by atoms with Gasteiger partial charge in [0.25, 0.3) is 0 Å². The van der Waals surface area contributed by atoms with Gasteiger partial charge in [0.1, 0.15) is 13.2 Å². The first-order chi connectivity index (χ1) is 30.0. The lowest BCUT2D eigenvalue weighted by Crippen LogP contribution is -2.30. The number of carbonyl (C=O) groups is 3. The largest absolute Gasteiger partial charge is 0.462 e. The second-order valence-corrected chi connectivity index (χ2v) is 16.7. The fraction of sp³-hybridized carbons (Fsp3) is 0.727. The van der Waals surface area contributed by atoms with Crippen molar-refractivity contribution in [3.63, 3.8) is 0 Å². The highest BCUT2D eigenvalue weighted by molar-refractivity contribution is 5.71. The summed E-state index contributed by atoms with van der Waals surface area (Å²) in [5, 5.41) is 0. The van der Waals surface area contributed by atoms with Crippen molar-refractivity contribution in [2.75, 3.05) is 13.2 Å². The van der Waals surface area contributed by atoms with Gasteiger partial charge in [0, 0.05) is 19.3 Å². The van der Waals surface area contributed by atoms with Crippen LogP contribution in [0.1, 0.15) is 239 Å². The van der Waals surface area contributed by atoms with Gasteiger partial charge in [0.2, 0.25) is 0 Å². The summed E-state index contributed by atoms with van der Waals surface area (Å²) in [7, 11) is 0. The normalized spacial score (nSPS) is 12.6. The zero-order valence-corrected chi connectivity index (χ0v) is 39.9. The van der Waals surface area contributed by atoms with Crippen molar-refractivity contribution < 1.29 is 28.6 Å². The van der Waals surface area contributed by atoms with Crippen LogP contribution in [0, 0.1) is 0 Å². The van der Waals surface area contributed by atoms with Crippen molar-refractivity contribution in [2.45, 2.75) is 245 Å². The first-order valence-electron chi connectivity index (χ1n) is 25.4. The van der Waals surface area contributed by atoms with Crippen molar-refractivity contribution in [2.24, 2.45) is 0 Å². The van der Waals surface area contributed by atoms with Crippen molar-refractivity contribution in [1.29, 1.82) is 0 Å². The molecule has 0 N–H and O–H groups in total. The Kier molecular flexibility index (Phi) is 46.9. The molecule has 0 radical (unpaired) electrons. The molecule has 0 aliphatic heterocycles. The van der Waals surface area contributed by atoms with Crippen LogP contribution in [0.3, 0.4) is 0 Å². The fourth-order valence-electron chi connectivity index (χ4n) is 6.94. The van der Waals surface area contributed by atoms with Gasteiger partial charge >= 0.3 is 17.9 Å². The van der Waals surface area contributed by atoms with Crippen LogP contribution in [0.15, 0.2) is 72.9 Å². The Bertz CT molecular complexity index is 1160. The molecule has 0 saturated heterocycles. The quantitative estimate of drug-likeness (QED) is 0.0263. The van der Waals surface area contributed by atoms with Gasteiger partial charge in [-0.05, 0) is 57.8 Å². The summed E-state index contributed by atoms with van der Waals surface area (Å²) in [6.45, 7) is 6.40. The molecular formula is C55H94O6. The third kappa shape index (κ3) is 47.7. The van der Waals surface area contributed by atoms with Crippen molar-refractivity contribution in [3.8, 4) is 0 Å². The van der Waals surface area contributed by atoms with Crippen LogP contribution in [-0.4, -0.2) is 37.2 Å². The lowest BCUT2D eigenvalue weighted by molar-refractivity contribution is -0.166. The average molecular weight is 851 g/mol. The molecule has 0 fully saturated rings. The van der Waals surface area contributed by atoms with E-state index in [1.54, 1.807) is 0 Å². The molecule has 61 heavy (non-hydrogen) atoms. The first kappa shape index (κ1) is 57.9. The monoisotopic (exact) mass is 851 g/mol. The summed E-state index contributed by atoms with van der Waals surface area (Å²) in [4.78, 5) is 37.7. The van der Waals surface area contributed by atoms with E-state index in [4.69, 9.17) is 14.2 Å². The maximum Gasteiger partial charge on any atom is 0.306 e. The molecule has 6 heteroatoms. The molecule has 0 spiro atoms. The van der Waals surface area contributed by atoms with Crippen molar-refractivity contribution in [3.05, 3.63) is 72.9 Å². The van der Waals surface area contributed by atoms with Crippen LogP contribution in [0.4, 0.5) is 0 Å². The van der Waals surface area contributed by atoms with Crippen LogP contribution in [0.5, 0.6) is 0 Å². The Balaban J connectivity index is 4.32. The molecule has 0 heterocycles. The number of allylic oxidation sites excluding steroid dienone is 12. The highest BCUT2D eigenvalue weighted by Crippen LogP contribution is 2.15. The van der Waals surface area contributed by atoms with Crippen molar-refractivity contribution in [1.82, 2.24) is 0 Å². The topological polar surface area (TPSA) is 78.9 Å². The minimum absolute atomic E-state index is 0.0973. The molecule has 1 atom stereocenters. The number of carbonyl (C=O) groups excluding carboxylic acids is 3. The highest BCUT2D eigenvalue weighted by atomic mass is 16.6. The molecule has 0 rings (SSSR count). The lowest BCUT2D eigenvalue weighted by Gasteiger charge is -2.18. The standard InChI is InChI=1S/C55H94O6/c1-4-7-10-13-16-18-20-22-24-26-28-30-31-33-35-37-39-42-45-48-54(57)60-51-52(50-59-53(56)47-44-41-15-12-9-6-3)61-55(58)49-46-43-40-38-36-34-32-29-27-25-23-21-19-17-14-11-8-5-2/h7,10,16,18,22,24,28,30,33,35,39,42,52H,4-6,8-9,11-15,17,19-21,23,25-27,29,31-32,34,36-38,40-41,43-51H2,1-3H3/b10-7-,18-16-,24-22-,30-28-,35-33-,42-39-. The molecule has 6 nitrogen and oxygen atoms in total. The summed E-state index contributed by atoms with van der Waals surface area (Å²) in [5.74, 6) is -0.992. The van der Waals surface area contributed by atoms with Crippen LogP contribution < -0.4 is 0 Å². The first-order valence-corrected chi connectivity index (χ1v) is 25.4. The van der Waals surface area contributed by atoms with E-state index in [-0.39, 0.29) is 37.5 Å². The molecule has 0 amide bonds. The van der Waals surface area contributed by atoms with Crippen molar-refractivity contribution >= 4 is 17.9 Å². The molecular weight excluding hydrogens is 757 g/mol. The van der Waals surface area contributed by atoms with Gasteiger partial charge in [0.05, 0.1) is 0 Å². The number of ether oxygens (including phenoxy) is 3. The van der Waals surface area contributed by atoms with Crippen LogP contribution in [-0.2, 0) is 28.6 Å². The van der Waals surface area contributed by atoms with E-state index in [0.717, 1.165) is 77.0 Å². The SMILES string of the molecule is CC/C=C\C/C=C\C/C=C\C/C=C\C/C=C\C/C=C\CCC(=O)OCC(COC(=O)CCCCCCCC)OC(=O)CCCCCCCCCCCCCCCCCCCC. The van der Waals surface area contributed by atoms with Gasteiger partial charge in [-0.25, -0.2) is 0 Å². The van der Waals surface area contributed by atoms with Gasteiger partial charge in [-0.2, -0.15) is 0 Å². The molecule has 0 aromatic heterocycles. The van der Waals surface area contributed by atoms with Gasteiger partial charge < -0.3 is 14.2 Å². The molecule has 0 aliphatic carbocycles. The maximum atomic E-state index is 12.7. The molecule has 0 saturated carbocycles. The zero-order chi connectivity index (χ0) is 44.4. The van der Waals surface area contributed by atoms with Crippen LogP contribution in [0.25, 0.3) is 0 Å². The van der Waals surface area contributed by atoms with E-state index in [0.29, 0.717) is 19.3 Å². The molecule has 0 aliphatic rings. The smallest absolute Gasteiger partial charge is 0.306 e. The van der Waals surface area contributed by atoms with Crippen LogP contribution >= 0.6 is 0 Å². The summed E-state index contributed by atoms with van der Waals surface area (Å²) >= 11 is 0. The number of rotatable bonds is 45. The minimum atomic E-state index is -0.800. The highest BCUT2D eigenvalue weighted by Gasteiger charge is 2.19. The third-order valence-corrected chi connectivity index (χ3v) is 10.7. The van der Waals surface area contributed by atoms with Crippen LogP contribution in [0.2, 0.25) is 0 Å². The molecule has 1 unspecified atom stereocenters.